The number of ether oxygens (including phenoxy) is 1. The number of nitrogens with two attached hydrogens (primary N) is 2. The lowest BCUT2D eigenvalue weighted by Crippen LogP contribution is -2.46. The van der Waals surface area contributed by atoms with Gasteiger partial charge in [-0.05, 0) is 53.3 Å². The van der Waals surface area contributed by atoms with Gasteiger partial charge >= 0.3 is 5.97 Å². The number of hydrogen-bond acceptors (Lipinski definition) is 7. The summed E-state index contributed by atoms with van der Waals surface area (Å²) in [6, 6.07) is 26.8. The molecule has 4 aromatic carbocycles. The summed E-state index contributed by atoms with van der Waals surface area (Å²) >= 11 is 0. The number of nitrogens with one attached hydrogen (secondary N) is 1. The van der Waals surface area contributed by atoms with Crippen molar-refractivity contribution in [1.29, 1.82) is 0 Å². The minimum Gasteiger partial charge on any atom is -0.461 e. The number of amides is 3. The van der Waals surface area contributed by atoms with Gasteiger partial charge in [0.05, 0.1) is 12.0 Å². The van der Waals surface area contributed by atoms with Crippen molar-refractivity contribution in [2.75, 3.05) is 0 Å². The zero-order valence-electron chi connectivity index (χ0n) is 25.9. The predicted octanol–water partition coefficient (Wildman–Crippen LogP) is 4.21. The Balaban J connectivity index is 1.56. The molecule has 47 heavy (non-hydrogen) atoms. The first-order chi connectivity index (χ1) is 22.6. The highest BCUT2D eigenvalue weighted by Gasteiger charge is 2.35. The Bertz CT molecular complexity index is 1770. The number of ketones is 2. The zero-order valence-corrected chi connectivity index (χ0v) is 25.9. The molecule has 0 saturated carbocycles. The number of carbonyl (C=O) groups is 6. The summed E-state index contributed by atoms with van der Waals surface area (Å²) in [5.41, 5.74) is 12.6. The van der Waals surface area contributed by atoms with E-state index in [1.165, 1.54) is 0 Å². The SMILES string of the molecule is NC(=O)CCc1ccccc1C(=O)N[C@@H](CCCC(=O)OCc1ccccc1)C(=O)[C@@H](CC(N)=O)C(=O)c1ccc2ccccc2c1. The molecular weight excluding hydrogens is 598 g/mol. The van der Waals surface area contributed by atoms with Crippen LogP contribution in [0.1, 0.15) is 63.9 Å². The van der Waals surface area contributed by atoms with Crippen LogP contribution in [-0.4, -0.2) is 41.3 Å². The van der Waals surface area contributed by atoms with E-state index >= 15 is 0 Å². The summed E-state index contributed by atoms with van der Waals surface area (Å²) in [6.07, 6.45) is -0.282. The van der Waals surface area contributed by atoms with Crippen molar-refractivity contribution in [3.05, 3.63) is 119 Å². The molecule has 0 heterocycles. The molecule has 0 radical (unpaired) electrons. The van der Waals surface area contributed by atoms with Crippen molar-refractivity contribution in [3.63, 3.8) is 0 Å². The first-order valence-corrected chi connectivity index (χ1v) is 15.3. The van der Waals surface area contributed by atoms with Gasteiger partial charge in [0.1, 0.15) is 6.61 Å². The lowest BCUT2D eigenvalue weighted by atomic mass is 9.85. The minimum absolute atomic E-state index is 0.0126. The van der Waals surface area contributed by atoms with E-state index in [2.05, 4.69) is 5.32 Å². The Morgan fingerprint density at radius 2 is 1.40 bits per heavy atom. The Morgan fingerprint density at radius 3 is 2.13 bits per heavy atom. The quantitative estimate of drug-likeness (QED) is 0.0884. The molecule has 0 aromatic heterocycles. The van der Waals surface area contributed by atoms with E-state index in [9.17, 15) is 28.8 Å². The van der Waals surface area contributed by atoms with Crippen molar-refractivity contribution >= 4 is 46.0 Å². The third-order valence-corrected chi connectivity index (χ3v) is 7.77. The summed E-state index contributed by atoms with van der Waals surface area (Å²) in [5, 5.41) is 4.38. The normalized spacial score (nSPS) is 12.1. The standard InChI is InChI=1S/C37H37N3O7/c38-32(41)20-19-26-12-6-7-14-29(26)37(46)40-31(15-8-16-34(43)47-23-24-9-2-1-3-10-24)36(45)30(22-33(39)42)35(44)28-18-17-25-11-4-5-13-27(25)21-28/h1-7,9-14,17-18,21,30-31H,8,15-16,19-20,22-23H2,(H2,38,41)(H2,39,42)(H,40,46)/t30-,31-/m0/s1. The molecule has 0 fully saturated rings. The summed E-state index contributed by atoms with van der Waals surface area (Å²) in [7, 11) is 0. The molecule has 0 saturated heterocycles. The maximum Gasteiger partial charge on any atom is 0.306 e. The fraction of sp³-hybridized carbons (Fsp3) is 0.243. The lowest BCUT2D eigenvalue weighted by Gasteiger charge is -2.23. The molecule has 5 N–H and O–H groups in total. The smallest absolute Gasteiger partial charge is 0.306 e. The number of esters is 1. The van der Waals surface area contributed by atoms with Gasteiger partial charge in [-0.25, -0.2) is 0 Å². The van der Waals surface area contributed by atoms with Crippen LogP contribution in [0.25, 0.3) is 10.8 Å². The Hall–Kier alpha value is -5.64. The van der Waals surface area contributed by atoms with Gasteiger partial charge in [-0.15, -0.1) is 0 Å². The van der Waals surface area contributed by atoms with Gasteiger partial charge in [0.15, 0.2) is 11.6 Å². The van der Waals surface area contributed by atoms with Crippen LogP contribution in [0.4, 0.5) is 0 Å². The number of primary amides is 2. The molecule has 0 bridgehead atoms. The number of aryl methyl sites for hydroxylation is 1. The van der Waals surface area contributed by atoms with Crippen molar-refractivity contribution in [1.82, 2.24) is 5.32 Å². The fourth-order valence-corrected chi connectivity index (χ4v) is 5.31. The van der Waals surface area contributed by atoms with E-state index < -0.39 is 53.6 Å². The van der Waals surface area contributed by atoms with Crippen molar-refractivity contribution in [3.8, 4) is 0 Å². The minimum atomic E-state index is -1.48. The van der Waals surface area contributed by atoms with Crippen LogP contribution in [0.15, 0.2) is 97.1 Å². The van der Waals surface area contributed by atoms with Gasteiger partial charge in [0, 0.05) is 30.4 Å². The molecular formula is C37H37N3O7. The van der Waals surface area contributed by atoms with Crippen molar-refractivity contribution < 1.29 is 33.5 Å². The summed E-state index contributed by atoms with van der Waals surface area (Å²) in [5.74, 6) is -5.30. The zero-order chi connectivity index (χ0) is 33.8. The molecule has 242 valence electrons. The topological polar surface area (TPSA) is 176 Å². The fourth-order valence-electron chi connectivity index (χ4n) is 5.31. The van der Waals surface area contributed by atoms with Gasteiger partial charge < -0.3 is 21.5 Å². The van der Waals surface area contributed by atoms with Gasteiger partial charge in [-0.1, -0.05) is 84.9 Å². The van der Waals surface area contributed by atoms with Gasteiger partial charge in [-0.3, -0.25) is 28.8 Å². The number of carbonyl (C=O) groups excluding carboxylic acids is 6. The molecule has 4 aromatic rings. The number of Topliss-reactive ketones (excluding diaryl/α,β-unsaturated/α-hetero) is 2. The van der Waals surface area contributed by atoms with Crippen molar-refractivity contribution in [2.24, 2.45) is 17.4 Å². The van der Waals surface area contributed by atoms with E-state index in [0.717, 1.165) is 16.3 Å². The number of benzene rings is 4. The number of rotatable bonds is 17. The van der Waals surface area contributed by atoms with Gasteiger partial charge in [-0.2, -0.15) is 0 Å². The van der Waals surface area contributed by atoms with Crippen LogP contribution < -0.4 is 16.8 Å². The molecule has 0 aliphatic heterocycles. The second kappa shape index (κ2) is 16.6. The Labute approximate surface area is 272 Å². The van der Waals surface area contributed by atoms with Crippen molar-refractivity contribution in [2.45, 2.75) is 51.2 Å². The third kappa shape index (κ3) is 9.92. The largest absolute Gasteiger partial charge is 0.461 e. The van der Waals surface area contributed by atoms with E-state index in [4.69, 9.17) is 16.2 Å². The van der Waals surface area contributed by atoms with Crippen LogP contribution in [0.2, 0.25) is 0 Å². The average Bonchev–Trinajstić information content (AvgIpc) is 3.08. The van der Waals surface area contributed by atoms with Crippen LogP contribution in [0, 0.1) is 5.92 Å². The maximum atomic E-state index is 14.1. The summed E-state index contributed by atoms with van der Waals surface area (Å²) in [4.78, 5) is 77.5. The van der Waals surface area contributed by atoms with E-state index in [0.29, 0.717) is 5.56 Å². The van der Waals surface area contributed by atoms with Gasteiger partial charge in [0.2, 0.25) is 11.8 Å². The highest BCUT2D eigenvalue weighted by molar-refractivity contribution is 6.15. The first-order valence-electron chi connectivity index (χ1n) is 15.3. The third-order valence-electron chi connectivity index (χ3n) is 7.77. The van der Waals surface area contributed by atoms with E-state index in [1.54, 1.807) is 42.5 Å². The summed E-state index contributed by atoms with van der Waals surface area (Å²) < 4.78 is 5.35. The Morgan fingerprint density at radius 1 is 0.723 bits per heavy atom. The van der Waals surface area contributed by atoms with Crippen LogP contribution in [-0.2, 0) is 36.9 Å². The molecule has 3 amide bonds. The van der Waals surface area contributed by atoms with Gasteiger partial charge in [0.25, 0.3) is 5.91 Å². The van der Waals surface area contributed by atoms with Crippen LogP contribution in [0.3, 0.4) is 0 Å². The Kier molecular flexibility index (Phi) is 12.1. The van der Waals surface area contributed by atoms with Crippen LogP contribution >= 0.6 is 0 Å². The number of fused-ring (bicyclic) bond motifs is 1. The first kappa shape index (κ1) is 34.2. The lowest BCUT2D eigenvalue weighted by molar-refractivity contribution is -0.145. The molecule has 0 aliphatic carbocycles. The van der Waals surface area contributed by atoms with E-state index in [-0.39, 0.29) is 49.8 Å². The molecule has 10 heteroatoms. The monoisotopic (exact) mass is 635 g/mol. The second-order valence-electron chi connectivity index (χ2n) is 11.2. The second-order valence-corrected chi connectivity index (χ2v) is 11.2. The average molecular weight is 636 g/mol. The maximum absolute atomic E-state index is 14.1. The highest BCUT2D eigenvalue weighted by Crippen LogP contribution is 2.23. The predicted molar refractivity (Wildman–Crippen MR) is 176 cm³/mol. The molecule has 10 nitrogen and oxygen atoms in total. The summed E-state index contributed by atoms with van der Waals surface area (Å²) in [6.45, 7) is 0.0851. The molecule has 2 atom stereocenters. The molecule has 0 unspecified atom stereocenters. The van der Waals surface area contributed by atoms with E-state index in [1.807, 2.05) is 54.6 Å². The van der Waals surface area contributed by atoms with Crippen LogP contribution in [0.5, 0.6) is 0 Å². The molecule has 4 rings (SSSR count). The number of hydrogen-bond donors (Lipinski definition) is 3. The highest BCUT2D eigenvalue weighted by atomic mass is 16.5. The molecule has 0 aliphatic rings. The molecule has 0 spiro atoms.